The Labute approximate surface area is 102 Å². The third-order valence-electron chi connectivity index (χ3n) is 3.20. The van der Waals surface area contributed by atoms with Crippen molar-refractivity contribution in [1.29, 1.82) is 0 Å². The predicted molar refractivity (Wildman–Crippen MR) is 67.1 cm³/mol. The lowest BCUT2D eigenvalue weighted by Gasteiger charge is -2.22. The van der Waals surface area contributed by atoms with Gasteiger partial charge in [0.25, 0.3) is 5.91 Å². The molecule has 1 aromatic carbocycles. The number of rotatable bonds is 4. The summed E-state index contributed by atoms with van der Waals surface area (Å²) < 4.78 is 0. The molecule has 1 fully saturated rings. The first-order chi connectivity index (χ1) is 8.13. The number of nitrogens with zero attached hydrogens (tertiary/aromatic N) is 1. The molecule has 1 amide bonds. The van der Waals surface area contributed by atoms with Crippen molar-refractivity contribution in [2.75, 3.05) is 13.2 Å². The van der Waals surface area contributed by atoms with E-state index < -0.39 is 0 Å². The summed E-state index contributed by atoms with van der Waals surface area (Å²) in [6.07, 6.45) is 2.13. The molecule has 0 radical (unpaired) electrons. The van der Waals surface area contributed by atoms with Crippen LogP contribution in [-0.4, -0.2) is 35.1 Å². The third-order valence-corrected chi connectivity index (χ3v) is 3.20. The molecule has 3 nitrogen and oxygen atoms in total. The van der Waals surface area contributed by atoms with Gasteiger partial charge in [-0.05, 0) is 38.3 Å². The molecule has 0 unspecified atom stereocenters. The van der Waals surface area contributed by atoms with Crippen molar-refractivity contribution in [3.8, 4) is 0 Å². The molecule has 1 aliphatic carbocycles. The normalized spacial score (nSPS) is 14.8. The topological polar surface area (TPSA) is 40.5 Å². The lowest BCUT2D eigenvalue weighted by Crippen LogP contribution is -2.35. The molecule has 1 aromatic rings. The van der Waals surface area contributed by atoms with E-state index in [2.05, 4.69) is 0 Å². The summed E-state index contributed by atoms with van der Waals surface area (Å²) in [6.45, 7) is 4.46. The van der Waals surface area contributed by atoms with E-state index in [-0.39, 0.29) is 12.5 Å². The summed E-state index contributed by atoms with van der Waals surface area (Å²) in [5.74, 6) is 0.0547. The van der Waals surface area contributed by atoms with E-state index in [9.17, 15) is 4.79 Å². The van der Waals surface area contributed by atoms with Crippen molar-refractivity contribution in [1.82, 2.24) is 4.90 Å². The lowest BCUT2D eigenvalue weighted by molar-refractivity contribution is 0.0707. The number of amides is 1. The van der Waals surface area contributed by atoms with Gasteiger partial charge in [0, 0.05) is 18.2 Å². The van der Waals surface area contributed by atoms with E-state index >= 15 is 0 Å². The van der Waals surface area contributed by atoms with Gasteiger partial charge in [-0.1, -0.05) is 17.7 Å². The number of aliphatic hydroxyl groups is 1. The molecule has 1 saturated carbocycles. The fourth-order valence-corrected chi connectivity index (χ4v) is 2.15. The number of carbonyl (C=O) groups excluding carboxylic acids is 1. The Kier molecular flexibility index (Phi) is 3.48. The summed E-state index contributed by atoms with van der Waals surface area (Å²) in [7, 11) is 0. The highest BCUT2D eigenvalue weighted by Crippen LogP contribution is 2.28. The molecular weight excluding hydrogens is 214 g/mol. The van der Waals surface area contributed by atoms with Crippen LogP contribution in [0.25, 0.3) is 0 Å². The highest BCUT2D eigenvalue weighted by Gasteiger charge is 2.32. The third kappa shape index (κ3) is 2.67. The predicted octanol–water partition coefficient (Wildman–Crippen LogP) is 1.90. The maximum Gasteiger partial charge on any atom is 0.254 e. The van der Waals surface area contributed by atoms with E-state index in [0.29, 0.717) is 12.6 Å². The Morgan fingerprint density at radius 3 is 2.65 bits per heavy atom. The van der Waals surface area contributed by atoms with Crippen LogP contribution in [0.1, 0.15) is 34.3 Å². The van der Waals surface area contributed by atoms with Gasteiger partial charge >= 0.3 is 0 Å². The number of aryl methyl sites for hydroxylation is 2. The molecule has 1 N–H and O–H groups in total. The number of benzene rings is 1. The van der Waals surface area contributed by atoms with Crippen LogP contribution in [0.4, 0.5) is 0 Å². The van der Waals surface area contributed by atoms with Crippen molar-refractivity contribution in [2.45, 2.75) is 32.7 Å². The molecule has 0 atom stereocenters. The highest BCUT2D eigenvalue weighted by atomic mass is 16.3. The van der Waals surface area contributed by atoms with Crippen LogP contribution in [0.3, 0.4) is 0 Å². The number of hydrogen-bond acceptors (Lipinski definition) is 2. The second kappa shape index (κ2) is 4.88. The van der Waals surface area contributed by atoms with Crippen LogP contribution >= 0.6 is 0 Å². The molecule has 92 valence electrons. The van der Waals surface area contributed by atoms with Crippen LogP contribution in [0.15, 0.2) is 18.2 Å². The van der Waals surface area contributed by atoms with Crippen molar-refractivity contribution < 1.29 is 9.90 Å². The van der Waals surface area contributed by atoms with Gasteiger partial charge in [0.15, 0.2) is 0 Å². The maximum absolute atomic E-state index is 12.4. The van der Waals surface area contributed by atoms with E-state index in [4.69, 9.17) is 5.11 Å². The smallest absolute Gasteiger partial charge is 0.254 e. The monoisotopic (exact) mass is 233 g/mol. The molecule has 2 rings (SSSR count). The van der Waals surface area contributed by atoms with Gasteiger partial charge in [-0.2, -0.15) is 0 Å². The first-order valence-corrected chi connectivity index (χ1v) is 6.12. The van der Waals surface area contributed by atoms with Crippen molar-refractivity contribution in [3.63, 3.8) is 0 Å². The highest BCUT2D eigenvalue weighted by molar-refractivity contribution is 5.96. The zero-order valence-corrected chi connectivity index (χ0v) is 10.4. The van der Waals surface area contributed by atoms with Gasteiger partial charge in [-0.25, -0.2) is 0 Å². The molecule has 0 saturated heterocycles. The van der Waals surface area contributed by atoms with Crippen molar-refractivity contribution in [3.05, 3.63) is 34.9 Å². The molecule has 0 aromatic heterocycles. The second-order valence-electron chi connectivity index (χ2n) is 4.77. The summed E-state index contributed by atoms with van der Waals surface area (Å²) in [4.78, 5) is 14.2. The van der Waals surface area contributed by atoms with Gasteiger partial charge in [0.2, 0.25) is 0 Å². The summed E-state index contributed by atoms with van der Waals surface area (Å²) in [5.41, 5.74) is 2.94. The standard InChI is InChI=1S/C14H19NO2/c1-10-3-6-13(11(2)9-10)14(17)15(7-8-16)12-4-5-12/h3,6,9,12,16H,4-5,7-8H2,1-2H3. The summed E-state index contributed by atoms with van der Waals surface area (Å²) in [5, 5.41) is 9.03. The molecule has 0 aliphatic heterocycles. The minimum absolute atomic E-state index is 0.0349. The van der Waals surface area contributed by atoms with Crippen LogP contribution in [0.2, 0.25) is 0 Å². The van der Waals surface area contributed by atoms with Gasteiger partial charge in [0.05, 0.1) is 6.61 Å². The zero-order chi connectivity index (χ0) is 12.4. The number of aliphatic hydroxyl groups excluding tert-OH is 1. The molecule has 1 aliphatic rings. The van der Waals surface area contributed by atoms with Gasteiger partial charge in [0.1, 0.15) is 0 Å². The Morgan fingerprint density at radius 2 is 2.12 bits per heavy atom. The maximum atomic E-state index is 12.4. The average molecular weight is 233 g/mol. The molecule has 0 bridgehead atoms. The largest absolute Gasteiger partial charge is 0.395 e. The Morgan fingerprint density at radius 1 is 1.41 bits per heavy atom. The Hall–Kier alpha value is -1.35. The number of carbonyl (C=O) groups is 1. The zero-order valence-electron chi connectivity index (χ0n) is 10.4. The van der Waals surface area contributed by atoms with Gasteiger partial charge in [-0.15, -0.1) is 0 Å². The van der Waals surface area contributed by atoms with Crippen molar-refractivity contribution >= 4 is 5.91 Å². The molecule has 3 heteroatoms. The Bertz CT molecular complexity index is 424. The fraction of sp³-hybridized carbons (Fsp3) is 0.500. The molecule has 17 heavy (non-hydrogen) atoms. The van der Waals surface area contributed by atoms with E-state index in [1.807, 2.05) is 32.0 Å². The molecule has 0 heterocycles. The fourth-order valence-electron chi connectivity index (χ4n) is 2.15. The van der Waals surface area contributed by atoms with Gasteiger partial charge in [-0.3, -0.25) is 4.79 Å². The summed E-state index contributed by atoms with van der Waals surface area (Å²) >= 11 is 0. The summed E-state index contributed by atoms with van der Waals surface area (Å²) in [6, 6.07) is 6.22. The minimum Gasteiger partial charge on any atom is -0.395 e. The SMILES string of the molecule is Cc1ccc(C(=O)N(CCO)C2CC2)c(C)c1. The van der Waals surface area contributed by atoms with E-state index in [1.165, 1.54) is 5.56 Å². The van der Waals surface area contributed by atoms with Crippen LogP contribution in [0, 0.1) is 13.8 Å². The van der Waals surface area contributed by atoms with Gasteiger partial charge < -0.3 is 10.0 Å². The van der Waals surface area contributed by atoms with Crippen molar-refractivity contribution in [2.24, 2.45) is 0 Å². The first kappa shape index (κ1) is 12.1. The average Bonchev–Trinajstić information content (AvgIpc) is 3.09. The van der Waals surface area contributed by atoms with E-state index in [1.54, 1.807) is 4.90 Å². The quantitative estimate of drug-likeness (QED) is 0.863. The molecular formula is C14H19NO2. The van der Waals surface area contributed by atoms with Crippen LogP contribution in [-0.2, 0) is 0 Å². The Balaban J connectivity index is 2.22. The van der Waals surface area contributed by atoms with E-state index in [0.717, 1.165) is 24.0 Å². The second-order valence-corrected chi connectivity index (χ2v) is 4.77. The number of hydrogen-bond donors (Lipinski definition) is 1. The lowest BCUT2D eigenvalue weighted by atomic mass is 10.0. The first-order valence-electron chi connectivity index (χ1n) is 6.12. The molecule has 0 spiro atoms. The minimum atomic E-state index is 0.0349. The van der Waals surface area contributed by atoms with Crippen LogP contribution in [0.5, 0.6) is 0 Å². The van der Waals surface area contributed by atoms with Crippen LogP contribution < -0.4 is 0 Å².